The molecular weight excluding hydrogens is 411 g/mol. The predicted octanol–water partition coefficient (Wildman–Crippen LogP) is 3.91. The Morgan fingerprint density at radius 2 is 2.08 bits per heavy atom. The van der Waals surface area contributed by atoms with Gasteiger partial charge >= 0.3 is 0 Å². The highest BCUT2D eigenvalue weighted by Crippen LogP contribution is 2.31. The van der Waals surface area contributed by atoms with Crippen LogP contribution >= 0.6 is 27.5 Å². The first-order valence-electron chi connectivity index (χ1n) is 7.72. The molecule has 0 aliphatic carbocycles. The van der Waals surface area contributed by atoms with E-state index in [0.717, 1.165) is 4.47 Å². The number of benzene rings is 2. The minimum Gasteiger partial charge on any atom is -0.352 e. The van der Waals surface area contributed by atoms with Crippen molar-refractivity contribution in [2.24, 2.45) is 5.92 Å². The number of para-hydroxylation sites is 1. The van der Waals surface area contributed by atoms with E-state index in [-0.39, 0.29) is 37.1 Å². The summed E-state index contributed by atoms with van der Waals surface area (Å²) in [5.74, 6) is -1.30. The summed E-state index contributed by atoms with van der Waals surface area (Å²) in [7, 11) is 0. The maximum absolute atomic E-state index is 13.7. The minimum atomic E-state index is -0.487. The largest absolute Gasteiger partial charge is 0.352 e. The molecule has 0 radical (unpaired) electrons. The van der Waals surface area contributed by atoms with Crippen molar-refractivity contribution < 1.29 is 14.0 Å². The van der Waals surface area contributed by atoms with Gasteiger partial charge in [0.1, 0.15) is 5.82 Å². The summed E-state index contributed by atoms with van der Waals surface area (Å²) in [5, 5.41) is 3.17. The molecule has 1 heterocycles. The molecule has 2 aromatic carbocycles. The Balaban J connectivity index is 1.65. The van der Waals surface area contributed by atoms with Gasteiger partial charge in [0.05, 0.1) is 16.6 Å². The molecule has 1 aliphatic rings. The highest BCUT2D eigenvalue weighted by atomic mass is 79.9. The summed E-state index contributed by atoms with van der Waals surface area (Å²) in [5.41, 5.74) is 0.984. The Labute approximate surface area is 158 Å². The fourth-order valence-corrected chi connectivity index (χ4v) is 3.44. The molecule has 3 rings (SSSR count). The third-order valence-corrected chi connectivity index (χ3v) is 4.91. The van der Waals surface area contributed by atoms with Crippen LogP contribution < -0.4 is 10.2 Å². The van der Waals surface area contributed by atoms with Gasteiger partial charge in [0.25, 0.3) is 0 Å². The van der Waals surface area contributed by atoms with Crippen molar-refractivity contribution in [3.05, 3.63) is 63.3 Å². The van der Waals surface area contributed by atoms with Crippen LogP contribution in [0.3, 0.4) is 0 Å². The van der Waals surface area contributed by atoms with Gasteiger partial charge in [-0.05, 0) is 30.3 Å². The molecule has 0 bridgehead atoms. The number of carbonyl (C=O) groups is 2. The van der Waals surface area contributed by atoms with Crippen molar-refractivity contribution in [1.82, 2.24) is 5.32 Å². The first-order chi connectivity index (χ1) is 12.0. The predicted molar refractivity (Wildman–Crippen MR) is 97.9 cm³/mol. The molecule has 2 amide bonds. The van der Waals surface area contributed by atoms with E-state index in [1.165, 1.54) is 11.0 Å². The lowest BCUT2D eigenvalue weighted by Gasteiger charge is -2.18. The Morgan fingerprint density at radius 1 is 1.32 bits per heavy atom. The third-order valence-electron chi connectivity index (χ3n) is 4.10. The Kier molecular flexibility index (Phi) is 5.39. The molecule has 7 heteroatoms. The number of halogens is 3. The Bertz CT molecular complexity index is 830. The molecular formula is C18H15BrClFN2O2. The van der Waals surface area contributed by atoms with Crippen molar-refractivity contribution in [3.8, 4) is 0 Å². The Hall–Kier alpha value is -1.92. The van der Waals surface area contributed by atoms with Gasteiger partial charge in [-0.3, -0.25) is 9.59 Å². The van der Waals surface area contributed by atoms with Gasteiger partial charge in [-0.2, -0.15) is 0 Å². The number of nitrogens with one attached hydrogen (secondary N) is 1. The fraction of sp³-hybridized carbons (Fsp3) is 0.222. The van der Waals surface area contributed by atoms with Crippen LogP contribution in [0, 0.1) is 11.7 Å². The van der Waals surface area contributed by atoms with Crippen molar-refractivity contribution in [2.75, 3.05) is 11.4 Å². The fourth-order valence-electron chi connectivity index (χ4n) is 2.79. The van der Waals surface area contributed by atoms with Crippen LogP contribution in [0.15, 0.2) is 46.9 Å². The van der Waals surface area contributed by atoms with E-state index in [1.807, 2.05) is 0 Å². The maximum atomic E-state index is 13.7. The van der Waals surface area contributed by atoms with E-state index in [0.29, 0.717) is 16.3 Å². The first-order valence-corrected chi connectivity index (χ1v) is 8.89. The standard InChI is InChI=1S/C18H15BrClFN2O2/c19-13-5-6-15(21)11(7-13)9-22-18(25)12-8-17(24)23(10-12)16-4-2-1-3-14(16)20/h1-7,12H,8-10H2,(H,22,25). The van der Waals surface area contributed by atoms with Gasteiger partial charge in [-0.25, -0.2) is 4.39 Å². The maximum Gasteiger partial charge on any atom is 0.227 e. The molecule has 1 unspecified atom stereocenters. The normalized spacial score (nSPS) is 17.0. The molecule has 25 heavy (non-hydrogen) atoms. The van der Waals surface area contributed by atoms with Crippen molar-refractivity contribution >= 4 is 45.0 Å². The van der Waals surface area contributed by atoms with Crippen molar-refractivity contribution in [3.63, 3.8) is 0 Å². The van der Waals surface area contributed by atoms with Gasteiger partial charge in [0.2, 0.25) is 11.8 Å². The molecule has 0 saturated carbocycles. The lowest BCUT2D eigenvalue weighted by molar-refractivity contribution is -0.126. The molecule has 1 atom stereocenters. The molecule has 1 fully saturated rings. The highest BCUT2D eigenvalue weighted by molar-refractivity contribution is 9.10. The highest BCUT2D eigenvalue weighted by Gasteiger charge is 2.35. The summed E-state index contributed by atoms with van der Waals surface area (Å²) < 4.78 is 14.5. The Morgan fingerprint density at radius 3 is 2.84 bits per heavy atom. The summed E-state index contributed by atoms with van der Waals surface area (Å²) in [6, 6.07) is 11.6. The number of nitrogens with zero attached hydrogens (tertiary/aromatic N) is 1. The summed E-state index contributed by atoms with van der Waals surface area (Å²) >= 11 is 9.40. The van der Waals surface area contributed by atoms with E-state index in [9.17, 15) is 14.0 Å². The van der Waals surface area contributed by atoms with E-state index < -0.39 is 5.92 Å². The SMILES string of the molecule is O=C(NCc1cc(Br)ccc1F)C1CC(=O)N(c2ccccc2Cl)C1. The van der Waals surface area contributed by atoms with E-state index in [2.05, 4.69) is 21.2 Å². The van der Waals surface area contributed by atoms with E-state index >= 15 is 0 Å². The van der Waals surface area contributed by atoms with Gasteiger partial charge in [-0.1, -0.05) is 39.7 Å². The van der Waals surface area contributed by atoms with Crippen LogP contribution in [0.1, 0.15) is 12.0 Å². The van der Waals surface area contributed by atoms with Crippen LogP contribution in [0.5, 0.6) is 0 Å². The zero-order valence-electron chi connectivity index (χ0n) is 13.1. The van der Waals surface area contributed by atoms with Crippen LogP contribution in [0.4, 0.5) is 10.1 Å². The molecule has 0 aromatic heterocycles. The van der Waals surface area contributed by atoms with Crippen molar-refractivity contribution in [1.29, 1.82) is 0 Å². The van der Waals surface area contributed by atoms with Crippen LogP contribution in [-0.2, 0) is 16.1 Å². The lowest BCUT2D eigenvalue weighted by atomic mass is 10.1. The molecule has 0 spiro atoms. The second-order valence-electron chi connectivity index (χ2n) is 5.81. The molecule has 1 aliphatic heterocycles. The molecule has 2 aromatic rings. The molecule has 4 nitrogen and oxygen atoms in total. The number of carbonyl (C=O) groups excluding carboxylic acids is 2. The summed E-state index contributed by atoms with van der Waals surface area (Å²) in [6.07, 6.45) is 0.109. The summed E-state index contributed by atoms with van der Waals surface area (Å²) in [4.78, 5) is 26.1. The van der Waals surface area contributed by atoms with E-state index in [1.54, 1.807) is 36.4 Å². The monoisotopic (exact) mass is 424 g/mol. The number of anilines is 1. The number of amides is 2. The van der Waals surface area contributed by atoms with Gasteiger partial charge in [-0.15, -0.1) is 0 Å². The topological polar surface area (TPSA) is 49.4 Å². The van der Waals surface area contributed by atoms with Gasteiger partial charge in [0, 0.05) is 29.5 Å². The number of rotatable bonds is 4. The van der Waals surface area contributed by atoms with Crippen molar-refractivity contribution in [2.45, 2.75) is 13.0 Å². The second kappa shape index (κ2) is 7.54. The van der Waals surface area contributed by atoms with Gasteiger partial charge < -0.3 is 10.2 Å². The first kappa shape index (κ1) is 17.9. The molecule has 130 valence electrons. The number of hydrogen-bond donors (Lipinski definition) is 1. The average Bonchev–Trinajstić information content (AvgIpc) is 2.97. The van der Waals surface area contributed by atoms with E-state index in [4.69, 9.17) is 11.6 Å². The summed E-state index contributed by atoms with van der Waals surface area (Å²) in [6.45, 7) is 0.330. The van der Waals surface area contributed by atoms with Gasteiger partial charge in [0.15, 0.2) is 0 Å². The average molecular weight is 426 g/mol. The second-order valence-corrected chi connectivity index (χ2v) is 7.13. The third kappa shape index (κ3) is 4.02. The van der Waals surface area contributed by atoms with Crippen LogP contribution in [0.2, 0.25) is 5.02 Å². The zero-order chi connectivity index (χ0) is 18.0. The zero-order valence-corrected chi connectivity index (χ0v) is 15.5. The number of hydrogen-bond acceptors (Lipinski definition) is 2. The minimum absolute atomic E-state index is 0.0703. The van der Waals surface area contributed by atoms with Crippen LogP contribution in [0.25, 0.3) is 0 Å². The lowest BCUT2D eigenvalue weighted by Crippen LogP contribution is -2.32. The van der Waals surface area contributed by atoms with Crippen LogP contribution in [-0.4, -0.2) is 18.4 Å². The molecule has 1 N–H and O–H groups in total. The smallest absolute Gasteiger partial charge is 0.227 e. The quantitative estimate of drug-likeness (QED) is 0.807. The molecule has 1 saturated heterocycles.